The molecule has 0 bridgehead atoms. The van der Waals surface area contributed by atoms with Crippen LogP contribution in [0.5, 0.6) is 0 Å². The minimum absolute atomic E-state index is 0.0328. The van der Waals surface area contributed by atoms with Crippen molar-refractivity contribution in [1.29, 1.82) is 0 Å². The van der Waals surface area contributed by atoms with Crippen LogP contribution in [-0.2, 0) is 11.3 Å². The number of nitrogens with zero attached hydrogens (tertiary/aromatic N) is 2. The quantitative estimate of drug-likeness (QED) is 0.819. The molecule has 1 aliphatic heterocycles. The molecule has 0 radical (unpaired) electrons. The van der Waals surface area contributed by atoms with Crippen molar-refractivity contribution >= 4 is 38.3 Å². The van der Waals surface area contributed by atoms with E-state index in [1.54, 1.807) is 0 Å². The number of aromatic nitrogens is 1. The fourth-order valence-electron chi connectivity index (χ4n) is 2.87. The average Bonchev–Trinajstić information content (AvgIpc) is 2.96. The number of hydrogen-bond donors (Lipinski definition) is 1. The van der Waals surface area contributed by atoms with Crippen LogP contribution in [-0.4, -0.2) is 28.9 Å². The lowest BCUT2D eigenvalue weighted by atomic mass is 9.95. The van der Waals surface area contributed by atoms with Crippen molar-refractivity contribution in [3.63, 3.8) is 0 Å². The zero-order valence-corrected chi connectivity index (χ0v) is 15.8. The first kappa shape index (κ1) is 17.5. The van der Waals surface area contributed by atoms with E-state index >= 15 is 0 Å². The maximum Gasteiger partial charge on any atom is 0.229 e. The second-order valence-corrected chi connectivity index (χ2v) is 7.79. The van der Waals surface area contributed by atoms with Crippen molar-refractivity contribution in [2.75, 3.05) is 18.4 Å². The van der Waals surface area contributed by atoms with Crippen LogP contribution in [0.25, 0.3) is 0 Å². The number of anilines is 1. The summed E-state index contributed by atoms with van der Waals surface area (Å²) in [7, 11) is 0. The third-order valence-corrected chi connectivity index (χ3v) is 5.68. The highest BCUT2D eigenvalue weighted by atomic mass is 79.9. The number of halogens is 2. The summed E-state index contributed by atoms with van der Waals surface area (Å²) in [5, 5.41) is 5.52. The van der Waals surface area contributed by atoms with Crippen LogP contribution in [0.3, 0.4) is 0 Å². The molecule has 1 N–H and O–H groups in total. The number of benzene rings is 1. The third-order valence-electron chi connectivity index (χ3n) is 4.20. The van der Waals surface area contributed by atoms with Gasteiger partial charge in [-0.3, -0.25) is 9.69 Å². The highest BCUT2D eigenvalue weighted by Crippen LogP contribution is 2.23. The molecule has 2 heterocycles. The van der Waals surface area contributed by atoms with E-state index in [0.717, 1.165) is 43.7 Å². The van der Waals surface area contributed by atoms with Crippen molar-refractivity contribution in [3.8, 4) is 0 Å². The smallest absolute Gasteiger partial charge is 0.229 e. The van der Waals surface area contributed by atoms with Gasteiger partial charge in [-0.15, -0.1) is 11.3 Å². The number of hydrogen-bond acceptors (Lipinski definition) is 4. The minimum Gasteiger partial charge on any atom is -0.302 e. The third kappa shape index (κ3) is 4.40. The zero-order chi connectivity index (χ0) is 17.1. The van der Waals surface area contributed by atoms with Gasteiger partial charge in [-0.2, -0.15) is 0 Å². The van der Waals surface area contributed by atoms with E-state index in [-0.39, 0.29) is 17.6 Å². The van der Waals surface area contributed by atoms with Crippen LogP contribution >= 0.6 is 27.3 Å². The fourth-order valence-corrected chi connectivity index (χ4v) is 3.99. The summed E-state index contributed by atoms with van der Waals surface area (Å²) in [5.74, 6) is -0.148. The Morgan fingerprint density at radius 2 is 2.21 bits per heavy atom. The minimum atomic E-state index is -0.244. The molecule has 128 valence electrons. The van der Waals surface area contributed by atoms with Gasteiger partial charge in [0.25, 0.3) is 0 Å². The van der Waals surface area contributed by atoms with Gasteiger partial charge in [-0.25, -0.2) is 9.37 Å². The molecule has 1 fully saturated rings. The van der Waals surface area contributed by atoms with E-state index in [9.17, 15) is 9.18 Å². The molecule has 1 aromatic heterocycles. The normalized spacial score (nSPS) is 16.3. The molecule has 0 atom stereocenters. The molecule has 3 rings (SSSR count). The van der Waals surface area contributed by atoms with Gasteiger partial charge in [-0.05, 0) is 66.5 Å². The number of carbonyl (C=O) groups is 1. The summed E-state index contributed by atoms with van der Waals surface area (Å²) < 4.78 is 13.8. The van der Waals surface area contributed by atoms with E-state index in [1.165, 1.54) is 17.4 Å². The predicted molar refractivity (Wildman–Crippen MR) is 97.6 cm³/mol. The number of thiazole rings is 1. The summed E-state index contributed by atoms with van der Waals surface area (Å²) in [4.78, 5) is 18.9. The molecule has 1 aromatic carbocycles. The van der Waals surface area contributed by atoms with E-state index in [2.05, 4.69) is 31.1 Å². The van der Waals surface area contributed by atoms with E-state index in [0.29, 0.717) is 9.60 Å². The molecule has 1 saturated heterocycles. The summed E-state index contributed by atoms with van der Waals surface area (Å²) >= 11 is 4.68. The predicted octanol–water partition coefficient (Wildman–Crippen LogP) is 4.20. The van der Waals surface area contributed by atoms with Crippen LogP contribution in [0, 0.1) is 18.7 Å². The second-order valence-electron chi connectivity index (χ2n) is 6.08. The Bertz CT molecular complexity index is 728. The van der Waals surface area contributed by atoms with Crippen LogP contribution in [0.2, 0.25) is 0 Å². The molecule has 4 nitrogen and oxygen atoms in total. The molecule has 0 spiro atoms. The molecule has 1 aliphatic rings. The van der Waals surface area contributed by atoms with Gasteiger partial charge in [0.2, 0.25) is 5.91 Å². The first-order chi connectivity index (χ1) is 11.5. The SMILES string of the molecule is Cc1csc(NC(=O)C2CCN(Cc3ccc(F)c(Br)c3)CC2)n1. The van der Waals surface area contributed by atoms with Gasteiger partial charge in [0.05, 0.1) is 10.2 Å². The van der Waals surface area contributed by atoms with Gasteiger partial charge in [0, 0.05) is 17.8 Å². The molecule has 0 aliphatic carbocycles. The highest BCUT2D eigenvalue weighted by molar-refractivity contribution is 9.10. The Hall–Kier alpha value is -1.31. The number of piperidine rings is 1. The highest BCUT2D eigenvalue weighted by Gasteiger charge is 2.25. The first-order valence-electron chi connectivity index (χ1n) is 7.90. The summed E-state index contributed by atoms with van der Waals surface area (Å²) in [5.41, 5.74) is 2.00. The van der Waals surface area contributed by atoms with Crippen molar-refractivity contribution < 1.29 is 9.18 Å². The Kier molecular flexibility index (Phi) is 5.63. The van der Waals surface area contributed by atoms with E-state index < -0.39 is 0 Å². The summed E-state index contributed by atoms with van der Waals surface area (Å²) in [6.07, 6.45) is 1.66. The largest absolute Gasteiger partial charge is 0.302 e. The molecule has 7 heteroatoms. The maximum atomic E-state index is 13.3. The number of amides is 1. The second kappa shape index (κ2) is 7.72. The first-order valence-corrected chi connectivity index (χ1v) is 9.58. The summed E-state index contributed by atoms with van der Waals surface area (Å²) in [6, 6.07) is 5.11. The number of likely N-dealkylation sites (tertiary alicyclic amines) is 1. The Labute approximate surface area is 153 Å². The fraction of sp³-hybridized carbons (Fsp3) is 0.412. The number of aryl methyl sites for hydroxylation is 1. The van der Waals surface area contributed by atoms with Crippen LogP contribution in [0.1, 0.15) is 24.1 Å². The molecule has 2 aromatic rings. The van der Waals surface area contributed by atoms with Gasteiger partial charge in [0.15, 0.2) is 5.13 Å². The maximum absolute atomic E-state index is 13.3. The van der Waals surface area contributed by atoms with Crippen molar-refractivity contribution in [3.05, 3.63) is 45.1 Å². The molecular formula is C17H19BrFN3OS. The monoisotopic (exact) mass is 411 g/mol. The van der Waals surface area contributed by atoms with Crippen molar-refractivity contribution in [1.82, 2.24) is 9.88 Å². The Morgan fingerprint density at radius 1 is 1.46 bits per heavy atom. The van der Waals surface area contributed by atoms with Crippen LogP contribution in [0.4, 0.5) is 9.52 Å². The van der Waals surface area contributed by atoms with Gasteiger partial charge >= 0.3 is 0 Å². The molecular weight excluding hydrogens is 393 g/mol. The Morgan fingerprint density at radius 3 is 2.83 bits per heavy atom. The van der Waals surface area contributed by atoms with Gasteiger partial charge in [0.1, 0.15) is 5.82 Å². The summed E-state index contributed by atoms with van der Waals surface area (Å²) in [6.45, 7) is 4.42. The van der Waals surface area contributed by atoms with Crippen molar-refractivity contribution in [2.24, 2.45) is 5.92 Å². The molecule has 24 heavy (non-hydrogen) atoms. The standard InChI is InChI=1S/C17H19BrFN3OS/c1-11-10-24-17(20-11)21-16(23)13-4-6-22(7-5-13)9-12-2-3-15(19)14(18)8-12/h2-3,8,10,13H,4-7,9H2,1H3,(H,20,21,23). The van der Waals surface area contributed by atoms with Gasteiger partial charge < -0.3 is 5.32 Å². The molecule has 1 amide bonds. The molecule has 0 unspecified atom stereocenters. The number of rotatable bonds is 4. The number of nitrogens with one attached hydrogen (secondary N) is 1. The molecule has 0 saturated carbocycles. The lowest BCUT2D eigenvalue weighted by Gasteiger charge is -2.31. The van der Waals surface area contributed by atoms with E-state index in [4.69, 9.17) is 0 Å². The van der Waals surface area contributed by atoms with Crippen molar-refractivity contribution in [2.45, 2.75) is 26.3 Å². The zero-order valence-electron chi connectivity index (χ0n) is 13.4. The topological polar surface area (TPSA) is 45.2 Å². The van der Waals surface area contributed by atoms with Crippen LogP contribution < -0.4 is 5.32 Å². The van der Waals surface area contributed by atoms with E-state index in [1.807, 2.05) is 24.4 Å². The van der Waals surface area contributed by atoms with Gasteiger partial charge in [-0.1, -0.05) is 6.07 Å². The lowest BCUT2D eigenvalue weighted by molar-refractivity contribution is -0.121. The lowest BCUT2D eigenvalue weighted by Crippen LogP contribution is -2.37. The average molecular weight is 412 g/mol. The van der Waals surface area contributed by atoms with Crippen LogP contribution in [0.15, 0.2) is 28.1 Å². The Balaban J connectivity index is 1.50. The number of carbonyl (C=O) groups excluding carboxylic acids is 1.